The molecule has 0 saturated carbocycles. The van der Waals surface area contributed by atoms with E-state index >= 15 is 0 Å². The van der Waals surface area contributed by atoms with E-state index in [0.29, 0.717) is 31.8 Å². The first kappa shape index (κ1) is 19.4. The number of amides is 1. The lowest BCUT2D eigenvalue weighted by Gasteiger charge is -2.46. The average molecular weight is 422 g/mol. The second-order valence-corrected chi connectivity index (χ2v) is 10.0. The zero-order valence-corrected chi connectivity index (χ0v) is 17.5. The third-order valence-electron chi connectivity index (χ3n) is 5.75. The second-order valence-electron chi connectivity index (χ2n) is 7.31. The molecule has 2 aromatic rings. The van der Waals surface area contributed by atoms with Crippen LogP contribution in [0.3, 0.4) is 0 Å². The fourth-order valence-electron chi connectivity index (χ4n) is 3.97. The summed E-state index contributed by atoms with van der Waals surface area (Å²) in [5, 5.41) is 3.90. The Bertz CT molecular complexity index is 960. The van der Waals surface area contributed by atoms with Crippen LogP contribution in [-0.4, -0.2) is 69.4 Å². The first-order valence-corrected chi connectivity index (χ1v) is 11.4. The summed E-state index contributed by atoms with van der Waals surface area (Å²) in [4.78, 5) is 16.6. The van der Waals surface area contributed by atoms with E-state index in [9.17, 15) is 13.2 Å². The lowest BCUT2D eigenvalue weighted by Crippen LogP contribution is -2.64. The van der Waals surface area contributed by atoms with Crippen molar-refractivity contribution >= 4 is 33.0 Å². The molecule has 0 bridgehead atoms. The quantitative estimate of drug-likeness (QED) is 0.754. The van der Waals surface area contributed by atoms with Crippen molar-refractivity contribution in [1.29, 1.82) is 0 Å². The monoisotopic (exact) mass is 421 g/mol. The van der Waals surface area contributed by atoms with E-state index in [2.05, 4.69) is 0 Å². The van der Waals surface area contributed by atoms with Gasteiger partial charge in [-0.2, -0.15) is 15.6 Å². The molecule has 0 unspecified atom stereocenters. The minimum absolute atomic E-state index is 0.0444. The summed E-state index contributed by atoms with van der Waals surface area (Å²) in [6.07, 6.45) is 0.687. The number of sulfonamides is 1. The zero-order chi connectivity index (χ0) is 19.9. The average Bonchev–Trinajstić information content (AvgIpc) is 3.36. The Hall–Kier alpha value is -1.94. The van der Waals surface area contributed by atoms with Crippen LogP contribution in [0.1, 0.15) is 6.42 Å². The topological polar surface area (TPSA) is 70.2 Å². The van der Waals surface area contributed by atoms with E-state index in [1.54, 1.807) is 47.6 Å². The number of benzene rings is 1. The molecule has 7 nitrogen and oxygen atoms in total. The molecule has 1 spiro atoms. The molecule has 9 heteroatoms. The van der Waals surface area contributed by atoms with Gasteiger partial charge in [-0.3, -0.25) is 9.69 Å². The molecule has 1 amide bonds. The minimum Gasteiger partial charge on any atom is -0.497 e. The maximum Gasteiger partial charge on any atom is 0.243 e. The molecule has 2 aliphatic rings. The zero-order valence-electron chi connectivity index (χ0n) is 15.9. The van der Waals surface area contributed by atoms with Crippen LogP contribution in [-0.2, 0) is 14.8 Å². The first-order valence-electron chi connectivity index (χ1n) is 9.04. The normalized spacial score (nSPS) is 24.2. The molecule has 3 heterocycles. The van der Waals surface area contributed by atoms with Crippen molar-refractivity contribution in [3.63, 3.8) is 0 Å². The van der Waals surface area contributed by atoms with Crippen LogP contribution in [0.25, 0.3) is 0 Å². The Morgan fingerprint density at radius 1 is 1.14 bits per heavy atom. The van der Waals surface area contributed by atoms with Crippen LogP contribution in [0.4, 0.5) is 5.69 Å². The van der Waals surface area contributed by atoms with Crippen LogP contribution in [0.2, 0.25) is 0 Å². The number of hydrogen-bond donors (Lipinski definition) is 0. The Labute approximate surface area is 169 Å². The van der Waals surface area contributed by atoms with Crippen LogP contribution in [0, 0.1) is 0 Å². The van der Waals surface area contributed by atoms with E-state index in [1.807, 2.05) is 28.8 Å². The number of hydrogen-bond acceptors (Lipinski definition) is 6. The Morgan fingerprint density at radius 3 is 2.54 bits per heavy atom. The number of nitrogens with zero attached hydrogens (tertiary/aromatic N) is 3. The van der Waals surface area contributed by atoms with Gasteiger partial charge in [0.2, 0.25) is 15.9 Å². The second kappa shape index (κ2) is 7.14. The van der Waals surface area contributed by atoms with Gasteiger partial charge in [0.1, 0.15) is 5.75 Å². The van der Waals surface area contributed by atoms with E-state index < -0.39 is 10.0 Å². The largest absolute Gasteiger partial charge is 0.497 e. The maximum absolute atomic E-state index is 13.1. The van der Waals surface area contributed by atoms with Crippen LogP contribution < -0.4 is 9.64 Å². The fourth-order valence-corrected chi connectivity index (χ4v) is 6.13. The standard InChI is InChI=1S/C19H23N3O4S2/c1-20-11-18(23)22(15-7-10-27-12-15)14-19(20)8-9-21(13-19)28(24,25)17-5-3-16(26-2)4-6-17/h3-7,10,12H,8-9,11,13-14H2,1-2H3/t19-/m1/s1. The third kappa shape index (κ3) is 3.22. The summed E-state index contributed by atoms with van der Waals surface area (Å²) >= 11 is 1.55. The van der Waals surface area contributed by atoms with Crippen LogP contribution >= 0.6 is 11.3 Å². The summed E-state index contributed by atoms with van der Waals surface area (Å²) in [6.45, 7) is 1.58. The van der Waals surface area contributed by atoms with Crippen molar-refractivity contribution in [2.75, 3.05) is 45.2 Å². The summed E-state index contributed by atoms with van der Waals surface area (Å²) in [5.74, 6) is 0.664. The predicted molar refractivity (Wildman–Crippen MR) is 108 cm³/mol. The van der Waals surface area contributed by atoms with Crippen LogP contribution in [0.15, 0.2) is 46.0 Å². The van der Waals surface area contributed by atoms with Gasteiger partial charge >= 0.3 is 0 Å². The van der Waals surface area contributed by atoms with Crippen molar-refractivity contribution in [2.24, 2.45) is 0 Å². The molecule has 1 atom stereocenters. The van der Waals surface area contributed by atoms with E-state index in [-0.39, 0.29) is 22.9 Å². The number of anilines is 1. The number of thiophene rings is 1. The highest BCUT2D eigenvalue weighted by Crippen LogP contribution is 2.36. The van der Waals surface area contributed by atoms with Gasteiger partial charge in [-0.25, -0.2) is 8.42 Å². The van der Waals surface area contributed by atoms with Crippen molar-refractivity contribution in [2.45, 2.75) is 16.9 Å². The molecule has 0 aliphatic carbocycles. The number of likely N-dealkylation sites (N-methyl/N-ethyl adjacent to an activating group) is 1. The van der Waals surface area contributed by atoms with Gasteiger partial charge in [-0.15, -0.1) is 0 Å². The molecule has 1 aromatic heterocycles. The molecule has 2 saturated heterocycles. The highest BCUT2D eigenvalue weighted by atomic mass is 32.2. The molecule has 1 aromatic carbocycles. The lowest BCUT2D eigenvalue weighted by atomic mass is 9.93. The smallest absolute Gasteiger partial charge is 0.243 e. The molecule has 4 rings (SSSR count). The summed E-state index contributed by atoms with van der Waals surface area (Å²) in [7, 11) is -0.140. The summed E-state index contributed by atoms with van der Waals surface area (Å²) in [6, 6.07) is 8.39. The van der Waals surface area contributed by atoms with Crippen molar-refractivity contribution < 1.29 is 17.9 Å². The number of methoxy groups -OCH3 is 1. The number of ether oxygens (including phenoxy) is 1. The molecule has 150 valence electrons. The Kier molecular flexibility index (Phi) is 4.95. The number of piperazine rings is 1. The van der Waals surface area contributed by atoms with Gasteiger partial charge in [0.15, 0.2) is 0 Å². The molecular weight excluding hydrogens is 398 g/mol. The first-order chi connectivity index (χ1) is 13.4. The van der Waals surface area contributed by atoms with Crippen molar-refractivity contribution in [3.8, 4) is 5.75 Å². The van der Waals surface area contributed by atoms with E-state index in [1.165, 1.54) is 4.31 Å². The molecule has 2 fully saturated rings. The summed E-state index contributed by atoms with van der Waals surface area (Å²) < 4.78 is 32.9. The fraction of sp³-hybridized carbons (Fsp3) is 0.421. The predicted octanol–water partition coefficient (Wildman–Crippen LogP) is 1.87. The van der Waals surface area contributed by atoms with Crippen LogP contribution in [0.5, 0.6) is 5.75 Å². The number of rotatable bonds is 4. The van der Waals surface area contributed by atoms with E-state index in [4.69, 9.17) is 4.74 Å². The molecule has 0 N–H and O–H groups in total. The third-order valence-corrected chi connectivity index (χ3v) is 8.28. The van der Waals surface area contributed by atoms with E-state index in [0.717, 1.165) is 5.69 Å². The van der Waals surface area contributed by atoms with Gasteiger partial charge in [0.25, 0.3) is 0 Å². The van der Waals surface area contributed by atoms with Gasteiger partial charge in [-0.1, -0.05) is 0 Å². The van der Waals surface area contributed by atoms with Gasteiger partial charge in [0, 0.05) is 25.0 Å². The SMILES string of the molecule is COc1ccc(S(=O)(=O)N2CC[C@]3(CN(c4ccsc4)C(=O)CN3C)C2)cc1. The van der Waals surface area contributed by atoms with Crippen molar-refractivity contribution in [3.05, 3.63) is 41.1 Å². The number of carbonyl (C=O) groups excluding carboxylic acids is 1. The molecule has 0 radical (unpaired) electrons. The van der Waals surface area contributed by atoms with Crippen molar-refractivity contribution in [1.82, 2.24) is 9.21 Å². The molecular formula is C19H23N3O4S2. The maximum atomic E-state index is 13.1. The van der Waals surface area contributed by atoms with Gasteiger partial charge in [0.05, 0.1) is 29.8 Å². The Morgan fingerprint density at radius 2 is 1.89 bits per heavy atom. The highest BCUT2D eigenvalue weighted by molar-refractivity contribution is 7.89. The molecule has 28 heavy (non-hydrogen) atoms. The highest BCUT2D eigenvalue weighted by Gasteiger charge is 2.50. The Balaban J connectivity index is 1.58. The number of carbonyl (C=O) groups is 1. The lowest BCUT2D eigenvalue weighted by molar-refractivity contribution is -0.123. The minimum atomic E-state index is -3.60. The van der Waals surface area contributed by atoms with Gasteiger partial charge in [-0.05, 0) is 49.2 Å². The summed E-state index contributed by atoms with van der Waals surface area (Å²) in [5.41, 5.74) is 0.508. The molecule has 2 aliphatic heterocycles. The van der Waals surface area contributed by atoms with Gasteiger partial charge < -0.3 is 9.64 Å².